The van der Waals surface area contributed by atoms with Crippen LogP contribution in [-0.4, -0.2) is 25.8 Å². The van der Waals surface area contributed by atoms with Crippen molar-refractivity contribution in [3.8, 4) is 0 Å². The molecule has 0 atom stereocenters. The summed E-state index contributed by atoms with van der Waals surface area (Å²) >= 11 is 0. The smallest absolute Gasteiger partial charge is 0.303 e. The summed E-state index contributed by atoms with van der Waals surface area (Å²) in [6, 6.07) is 0. The van der Waals surface area contributed by atoms with Crippen LogP contribution in [0.4, 0.5) is 0 Å². The molecule has 0 saturated heterocycles. The number of carboxylic acid groups (broad SMARTS) is 1. The molecule has 1 N–H and O–H groups in total. The lowest BCUT2D eigenvalue weighted by atomic mass is 10.2. The fourth-order valence-corrected chi connectivity index (χ4v) is 1.07. The SMILES string of the molecule is Cc1nnc(CCCC(=O)O)n1C. The van der Waals surface area contributed by atoms with Crippen molar-refractivity contribution < 1.29 is 9.90 Å². The summed E-state index contributed by atoms with van der Waals surface area (Å²) in [5.41, 5.74) is 0. The van der Waals surface area contributed by atoms with Crippen LogP contribution in [0.1, 0.15) is 24.5 Å². The minimum absolute atomic E-state index is 0.186. The number of hydrogen-bond acceptors (Lipinski definition) is 3. The third-order valence-electron chi connectivity index (χ3n) is 1.97. The third-order valence-corrected chi connectivity index (χ3v) is 1.97. The van der Waals surface area contributed by atoms with Crippen LogP contribution >= 0.6 is 0 Å². The molecule has 1 aromatic heterocycles. The Morgan fingerprint density at radius 3 is 2.69 bits per heavy atom. The van der Waals surface area contributed by atoms with Crippen molar-refractivity contribution >= 4 is 5.97 Å². The van der Waals surface area contributed by atoms with E-state index in [4.69, 9.17) is 5.11 Å². The Morgan fingerprint density at radius 1 is 1.54 bits per heavy atom. The van der Waals surface area contributed by atoms with Crippen molar-refractivity contribution in [2.45, 2.75) is 26.2 Å². The molecule has 0 unspecified atom stereocenters. The molecule has 0 aliphatic carbocycles. The van der Waals surface area contributed by atoms with E-state index in [1.807, 2.05) is 18.5 Å². The Hall–Kier alpha value is -1.39. The highest BCUT2D eigenvalue weighted by Crippen LogP contribution is 2.02. The first kappa shape index (κ1) is 9.70. The molecule has 0 radical (unpaired) electrons. The molecule has 0 aliphatic rings. The fraction of sp³-hybridized carbons (Fsp3) is 0.625. The molecule has 0 aromatic carbocycles. The van der Waals surface area contributed by atoms with E-state index in [-0.39, 0.29) is 6.42 Å². The van der Waals surface area contributed by atoms with Gasteiger partial charge in [-0.2, -0.15) is 0 Å². The van der Waals surface area contributed by atoms with E-state index in [0.717, 1.165) is 11.6 Å². The predicted octanol–water partition coefficient (Wildman–Crippen LogP) is 0.531. The second kappa shape index (κ2) is 4.02. The molecule has 0 amide bonds. The van der Waals surface area contributed by atoms with Crippen molar-refractivity contribution in [2.75, 3.05) is 0 Å². The number of aliphatic carboxylic acids is 1. The zero-order valence-electron chi connectivity index (χ0n) is 7.82. The number of rotatable bonds is 4. The zero-order valence-corrected chi connectivity index (χ0v) is 7.82. The molecule has 13 heavy (non-hydrogen) atoms. The maximum atomic E-state index is 10.2. The standard InChI is InChI=1S/C8H13N3O2/c1-6-9-10-7(11(6)2)4-3-5-8(12)13/h3-5H2,1-2H3,(H,12,13). The Balaban J connectivity index is 2.45. The van der Waals surface area contributed by atoms with Gasteiger partial charge in [-0.3, -0.25) is 4.79 Å². The average molecular weight is 183 g/mol. The van der Waals surface area contributed by atoms with Gasteiger partial charge in [0.25, 0.3) is 0 Å². The molecule has 5 nitrogen and oxygen atoms in total. The molecule has 0 saturated carbocycles. The maximum Gasteiger partial charge on any atom is 0.303 e. The first-order chi connectivity index (χ1) is 6.11. The summed E-state index contributed by atoms with van der Waals surface area (Å²) in [6.07, 6.45) is 1.47. The van der Waals surface area contributed by atoms with Gasteiger partial charge < -0.3 is 9.67 Å². The van der Waals surface area contributed by atoms with Crippen molar-refractivity contribution in [3.05, 3.63) is 11.6 Å². The number of aryl methyl sites for hydroxylation is 2. The minimum atomic E-state index is -0.765. The van der Waals surface area contributed by atoms with Gasteiger partial charge in [-0.25, -0.2) is 0 Å². The van der Waals surface area contributed by atoms with Crippen LogP contribution < -0.4 is 0 Å². The van der Waals surface area contributed by atoms with E-state index in [0.29, 0.717) is 12.8 Å². The first-order valence-electron chi connectivity index (χ1n) is 4.18. The van der Waals surface area contributed by atoms with Gasteiger partial charge >= 0.3 is 5.97 Å². The summed E-state index contributed by atoms with van der Waals surface area (Å²) in [6.45, 7) is 1.87. The largest absolute Gasteiger partial charge is 0.481 e. The lowest BCUT2D eigenvalue weighted by Gasteiger charge is -1.99. The molecule has 0 spiro atoms. The highest BCUT2D eigenvalue weighted by molar-refractivity contribution is 5.66. The topological polar surface area (TPSA) is 68.0 Å². The number of carboxylic acids is 1. The van der Waals surface area contributed by atoms with E-state index in [2.05, 4.69) is 10.2 Å². The van der Waals surface area contributed by atoms with Gasteiger partial charge in [-0.1, -0.05) is 0 Å². The summed E-state index contributed by atoms with van der Waals surface area (Å²) < 4.78 is 1.88. The van der Waals surface area contributed by atoms with Crippen LogP contribution in [0, 0.1) is 6.92 Å². The van der Waals surface area contributed by atoms with Crippen LogP contribution in [0.5, 0.6) is 0 Å². The van der Waals surface area contributed by atoms with Crippen molar-refractivity contribution in [1.82, 2.24) is 14.8 Å². The lowest BCUT2D eigenvalue weighted by molar-refractivity contribution is -0.137. The fourth-order valence-electron chi connectivity index (χ4n) is 1.07. The van der Waals surface area contributed by atoms with Gasteiger partial charge in [-0.05, 0) is 13.3 Å². The third kappa shape index (κ3) is 2.54. The van der Waals surface area contributed by atoms with Gasteiger partial charge in [0.15, 0.2) is 0 Å². The lowest BCUT2D eigenvalue weighted by Crippen LogP contribution is -2.02. The van der Waals surface area contributed by atoms with Crippen LogP contribution in [0.15, 0.2) is 0 Å². The van der Waals surface area contributed by atoms with Gasteiger partial charge in [0.05, 0.1) is 0 Å². The Labute approximate surface area is 76.4 Å². The van der Waals surface area contributed by atoms with Gasteiger partial charge in [0.2, 0.25) is 0 Å². The number of nitrogens with zero attached hydrogens (tertiary/aromatic N) is 3. The first-order valence-corrected chi connectivity index (χ1v) is 4.18. The number of carbonyl (C=O) groups is 1. The molecule has 0 aliphatic heterocycles. The van der Waals surface area contributed by atoms with Crippen molar-refractivity contribution in [3.63, 3.8) is 0 Å². The Bertz CT molecular complexity index is 306. The van der Waals surface area contributed by atoms with E-state index in [1.54, 1.807) is 0 Å². The van der Waals surface area contributed by atoms with Crippen molar-refractivity contribution in [2.24, 2.45) is 7.05 Å². The van der Waals surface area contributed by atoms with Crippen LogP contribution in [0.2, 0.25) is 0 Å². The van der Waals surface area contributed by atoms with Gasteiger partial charge in [0, 0.05) is 19.9 Å². The van der Waals surface area contributed by atoms with Crippen molar-refractivity contribution in [1.29, 1.82) is 0 Å². The van der Waals surface area contributed by atoms with Gasteiger partial charge in [0.1, 0.15) is 11.6 Å². The quantitative estimate of drug-likeness (QED) is 0.739. The second-order valence-electron chi connectivity index (χ2n) is 2.97. The summed E-state index contributed by atoms with van der Waals surface area (Å²) in [4.78, 5) is 10.2. The van der Waals surface area contributed by atoms with E-state index < -0.39 is 5.97 Å². The van der Waals surface area contributed by atoms with Crippen LogP contribution in [-0.2, 0) is 18.3 Å². The number of aromatic nitrogens is 3. The monoisotopic (exact) mass is 183 g/mol. The summed E-state index contributed by atoms with van der Waals surface area (Å²) in [7, 11) is 1.88. The number of hydrogen-bond donors (Lipinski definition) is 1. The zero-order chi connectivity index (χ0) is 9.84. The van der Waals surface area contributed by atoms with Crippen LogP contribution in [0.3, 0.4) is 0 Å². The molecular weight excluding hydrogens is 170 g/mol. The normalized spacial score (nSPS) is 10.3. The molecule has 1 rings (SSSR count). The molecule has 1 aromatic rings. The van der Waals surface area contributed by atoms with E-state index in [1.165, 1.54) is 0 Å². The predicted molar refractivity (Wildman–Crippen MR) is 46.3 cm³/mol. The van der Waals surface area contributed by atoms with Gasteiger partial charge in [-0.15, -0.1) is 10.2 Å². The average Bonchev–Trinajstić information content (AvgIpc) is 2.35. The maximum absolute atomic E-state index is 10.2. The molecule has 0 fully saturated rings. The highest BCUT2D eigenvalue weighted by Gasteiger charge is 2.05. The highest BCUT2D eigenvalue weighted by atomic mass is 16.4. The van der Waals surface area contributed by atoms with Crippen LogP contribution in [0.25, 0.3) is 0 Å². The second-order valence-corrected chi connectivity index (χ2v) is 2.97. The van der Waals surface area contributed by atoms with E-state index in [9.17, 15) is 4.79 Å². The summed E-state index contributed by atoms with van der Waals surface area (Å²) in [5.74, 6) is 0.933. The Kier molecular flexibility index (Phi) is 3.00. The summed E-state index contributed by atoms with van der Waals surface area (Å²) in [5, 5.41) is 16.2. The minimum Gasteiger partial charge on any atom is -0.481 e. The van der Waals surface area contributed by atoms with E-state index >= 15 is 0 Å². The Morgan fingerprint density at radius 2 is 2.23 bits per heavy atom. The molecular formula is C8H13N3O2. The molecule has 72 valence electrons. The molecule has 1 heterocycles. The molecule has 5 heteroatoms. The molecule has 0 bridgehead atoms.